The van der Waals surface area contributed by atoms with Crippen LogP contribution in [-0.4, -0.2) is 11.2 Å². The van der Waals surface area contributed by atoms with Crippen molar-refractivity contribution in [2.75, 3.05) is 0 Å². The maximum Gasteiger partial charge on any atom is 0.185 e. The highest BCUT2D eigenvalue weighted by molar-refractivity contribution is 5.23. The summed E-state index contributed by atoms with van der Waals surface area (Å²) >= 11 is 0. The third-order valence-corrected chi connectivity index (χ3v) is 2.24. The Morgan fingerprint density at radius 3 is 1.78 bits per heavy atom. The molecular weight excluding hydrogens is 224 g/mol. The number of benzene rings is 1. The van der Waals surface area contributed by atoms with Gasteiger partial charge in [-0.15, -0.1) is 0 Å². The largest absolute Gasteiger partial charge is 0.343 e. The summed E-state index contributed by atoms with van der Waals surface area (Å²) in [5.74, 6) is 0. The van der Waals surface area contributed by atoms with Gasteiger partial charge in [0.05, 0.1) is 11.2 Å². The monoisotopic (exact) mass is 250 g/mol. The zero-order chi connectivity index (χ0) is 14.0. The molecule has 0 radical (unpaired) electrons. The number of aryl methyl sites for hydroxylation is 1. The molecule has 0 spiro atoms. The molecule has 2 nitrogen and oxygen atoms in total. The summed E-state index contributed by atoms with van der Waals surface area (Å²) in [5, 5.41) is 0. The Kier molecular flexibility index (Phi) is 4.57. The molecular formula is C16H26O2. The molecule has 1 rings (SSSR count). The van der Waals surface area contributed by atoms with Crippen molar-refractivity contribution in [3.8, 4) is 0 Å². The highest BCUT2D eigenvalue weighted by Crippen LogP contribution is 2.29. The Morgan fingerprint density at radius 1 is 0.889 bits per heavy atom. The highest BCUT2D eigenvalue weighted by atomic mass is 16.7. The lowest BCUT2D eigenvalue weighted by Gasteiger charge is -2.33. The van der Waals surface area contributed by atoms with E-state index in [0.29, 0.717) is 0 Å². The maximum absolute atomic E-state index is 6.03. The molecule has 0 atom stereocenters. The topological polar surface area (TPSA) is 18.5 Å². The first-order chi connectivity index (χ1) is 8.07. The van der Waals surface area contributed by atoms with Crippen molar-refractivity contribution in [3.05, 3.63) is 35.4 Å². The van der Waals surface area contributed by atoms with Crippen molar-refractivity contribution < 1.29 is 9.47 Å². The summed E-state index contributed by atoms with van der Waals surface area (Å²) in [4.78, 5) is 0. The molecule has 0 unspecified atom stereocenters. The van der Waals surface area contributed by atoms with Gasteiger partial charge in [0.25, 0.3) is 0 Å². The number of hydrogen-bond acceptors (Lipinski definition) is 2. The predicted molar refractivity (Wildman–Crippen MR) is 75.6 cm³/mol. The van der Waals surface area contributed by atoms with Gasteiger partial charge in [-0.25, -0.2) is 0 Å². The number of rotatable bonds is 3. The summed E-state index contributed by atoms with van der Waals surface area (Å²) in [5.41, 5.74) is 1.81. The van der Waals surface area contributed by atoms with Gasteiger partial charge >= 0.3 is 0 Å². The average Bonchev–Trinajstić information content (AvgIpc) is 2.12. The van der Waals surface area contributed by atoms with Gasteiger partial charge in [0.1, 0.15) is 0 Å². The third kappa shape index (κ3) is 5.65. The molecule has 0 saturated heterocycles. The maximum atomic E-state index is 6.03. The fourth-order valence-electron chi connectivity index (χ4n) is 1.62. The zero-order valence-electron chi connectivity index (χ0n) is 12.7. The minimum Gasteiger partial charge on any atom is -0.343 e. The van der Waals surface area contributed by atoms with Gasteiger partial charge in [-0.3, -0.25) is 0 Å². The lowest BCUT2D eigenvalue weighted by Crippen LogP contribution is -2.30. The normalized spacial score (nSPS) is 13.1. The molecule has 0 N–H and O–H groups in total. The van der Waals surface area contributed by atoms with E-state index in [-0.39, 0.29) is 17.5 Å². The molecule has 0 bridgehead atoms. The van der Waals surface area contributed by atoms with Gasteiger partial charge in [0.15, 0.2) is 6.29 Å². The van der Waals surface area contributed by atoms with Crippen LogP contribution in [0.1, 0.15) is 59.0 Å². The van der Waals surface area contributed by atoms with E-state index in [1.165, 1.54) is 5.56 Å². The second kappa shape index (κ2) is 5.41. The fraction of sp³-hybridized carbons (Fsp3) is 0.625. The van der Waals surface area contributed by atoms with Crippen LogP contribution in [0.25, 0.3) is 0 Å². The lowest BCUT2D eigenvalue weighted by atomic mass is 10.1. The van der Waals surface area contributed by atoms with E-state index in [2.05, 4.69) is 25.1 Å². The first-order valence-corrected chi connectivity index (χ1v) is 6.49. The van der Waals surface area contributed by atoms with E-state index in [9.17, 15) is 0 Å². The Labute approximate surface area is 111 Å². The minimum absolute atomic E-state index is 0.236. The minimum atomic E-state index is -0.329. The molecule has 0 fully saturated rings. The molecule has 0 aromatic heterocycles. The third-order valence-electron chi connectivity index (χ3n) is 2.24. The van der Waals surface area contributed by atoms with Crippen molar-refractivity contribution in [1.82, 2.24) is 0 Å². The summed E-state index contributed by atoms with van der Waals surface area (Å²) in [6.07, 6.45) is -0.329. The molecule has 1 aromatic rings. The van der Waals surface area contributed by atoms with Crippen LogP contribution in [0.5, 0.6) is 0 Å². The van der Waals surface area contributed by atoms with Crippen LogP contribution >= 0.6 is 0 Å². The second-order valence-electron chi connectivity index (χ2n) is 6.71. The van der Waals surface area contributed by atoms with Gasteiger partial charge in [-0.2, -0.15) is 0 Å². The summed E-state index contributed by atoms with van der Waals surface area (Å²) in [7, 11) is 0. The van der Waals surface area contributed by atoms with Gasteiger partial charge in [0.2, 0.25) is 0 Å². The molecule has 1 aromatic carbocycles. The van der Waals surface area contributed by atoms with Crippen LogP contribution < -0.4 is 0 Å². The van der Waals surface area contributed by atoms with Crippen molar-refractivity contribution in [2.24, 2.45) is 0 Å². The molecule has 0 heterocycles. The van der Waals surface area contributed by atoms with Crippen molar-refractivity contribution in [1.29, 1.82) is 0 Å². The summed E-state index contributed by atoms with van der Waals surface area (Å²) in [6, 6.07) is 8.28. The highest BCUT2D eigenvalue weighted by Gasteiger charge is 2.25. The molecule has 2 heteroatoms. The Morgan fingerprint density at radius 2 is 1.39 bits per heavy atom. The Balaban J connectivity index is 2.97. The first-order valence-electron chi connectivity index (χ1n) is 6.49. The Bertz CT molecular complexity index is 367. The van der Waals surface area contributed by atoms with Crippen LogP contribution in [0.4, 0.5) is 0 Å². The van der Waals surface area contributed by atoms with Gasteiger partial charge in [-0.1, -0.05) is 29.8 Å². The molecule has 18 heavy (non-hydrogen) atoms. The fourth-order valence-corrected chi connectivity index (χ4v) is 1.62. The van der Waals surface area contributed by atoms with Crippen molar-refractivity contribution >= 4 is 0 Å². The van der Waals surface area contributed by atoms with Gasteiger partial charge < -0.3 is 9.47 Å². The SMILES string of the molecule is Cc1cccc(C(OC(C)(C)C)OC(C)(C)C)c1. The summed E-state index contributed by atoms with van der Waals surface area (Å²) in [6.45, 7) is 14.3. The average molecular weight is 250 g/mol. The smallest absolute Gasteiger partial charge is 0.185 e. The second-order valence-corrected chi connectivity index (χ2v) is 6.71. The van der Waals surface area contributed by atoms with Crippen molar-refractivity contribution in [3.63, 3.8) is 0 Å². The molecule has 102 valence electrons. The van der Waals surface area contributed by atoms with Crippen molar-refractivity contribution in [2.45, 2.75) is 66.0 Å². The van der Waals surface area contributed by atoms with Crippen LogP contribution in [0.2, 0.25) is 0 Å². The molecule has 0 aliphatic carbocycles. The molecule has 0 aliphatic heterocycles. The van der Waals surface area contributed by atoms with Gasteiger partial charge in [0, 0.05) is 5.56 Å². The lowest BCUT2D eigenvalue weighted by molar-refractivity contribution is -0.238. The molecule has 0 saturated carbocycles. The van der Waals surface area contributed by atoms with E-state index < -0.39 is 0 Å². The van der Waals surface area contributed by atoms with Crippen LogP contribution in [0.3, 0.4) is 0 Å². The Hall–Kier alpha value is -0.860. The molecule has 0 amide bonds. The van der Waals surface area contributed by atoms with E-state index in [4.69, 9.17) is 9.47 Å². The quantitative estimate of drug-likeness (QED) is 0.728. The summed E-state index contributed by atoms with van der Waals surface area (Å²) < 4.78 is 12.1. The van der Waals surface area contributed by atoms with Crippen LogP contribution in [-0.2, 0) is 9.47 Å². The predicted octanol–water partition coefficient (Wildman–Crippen LogP) is 4.62. The van der Waals surface area contributed by atoms with E-state index >= 15 is 0 Å². The molecule has 0 aliphatic rings. The van der Waals surface area contributed by atoms with E-state index in [1.54, 1.807) is 0 Å². The standard InChI is InChI=1S/C16H26O2/c1-12-9-8-10-13(11-12)14(17-15(2,3)4)18-16(5,6)7/h8-11,14H,1-7H3. The van der Waals surface area contributed by atoms with Crippen LogP contribution in [0.15, 0.2) is 24.3 Å². The number of hydrogen-bond donors (Lipinski definition) is 0. The number of ether oxygens (including phenoxy) is 2. The van der Waals surface area contributed by atoms with Gasteiger partial charge in [-0.05, 0) is 48.5 Å². The first kappa shape index (κ1) is 15.2. The van der Waals surface area contributed by atoms with E-state index in [0.717, 1.165) is 5.56 Å². The van der Waals surface area contributed by atoms with Crippen LogP contribution in [0, 0.1) is 6.92 Å². The zero-order valence-corrected chi connectivity index (χ0v) is 12.7. The van der Waals surface area contributed by atoms with E-state index in [1.807, 2.05) is 47.6 Å².